The van der Waals surface area contributed by atoms with Gasteiger partial charge in [-0.1, -0.05) is 12.1 Å². The van der Waals surface area contributed by atoms with Crippen molar-refractivity contribution in [3.63, 3.8) is 0 Å². The fourth-order valence-electron chi connectivity index (χ4n) is 3.41. The van der Waals surface area contributed by atoms with Crippen LogP contribution in [0.15, 0.2) is 47.8 Å². The minimum absolute atomic E-state index is 0.0797. The maximum Gasteiger partial charge on any atom is 0.337 e. The van der Waals surface area contributed by atoms with Gasteiger partial charge in [0.15, 0.2) is 0 Å². The number of methoxy groups -OCH3 is 2. The zero-order valence-corrected chi connectivity index (χ0v) is 18.9. The van der Waals surface area contributed by atoms with Gasteiger partial charge in [-0.2, -0.15) is 5.10 Å². The molecule has 0 spiro atoms. The number of benzene rings is 2. The molecule has 32 heavy (non-hydrogen) atoms. The molecule has 0 saturated carbocycles. The predicted molar refractivity (Wildman–Crippen MR) is 124 cm³/mol. The van der Waals surface area contributed by atoms with E-state index in [4.69, 9.17) is 14.6 Å². The van der Waals surface area contributed by atoms with Gasteiger partial charge in [-0.3, -0.25) is 0 Å². The second-order valence-corrected chi connectivity index (χ2v) is 7.89. The van der Waals surface area contributed by atoms with Crippen molar-refractivity contribution in [1.82, 2.24) is 14.8 Å². The van der Waals surface area contributed by atoms with Crippen molar-refractivity contribution < 1.29 is 19.4 Å². The third kappa shape index (κ3) is 3.90. The molecule has 0 radical (unpaired) electrons. The molecular formula is C23H22N4O4S. The largest absolute Gasteiger partial charge is 0.497 e. The first-order chi connectivity index (χ1) is 15.4. The molecule has 0 aliphatic heterocycles. The lowest BCUT2D eigenvalue weighted by Crippen LogP contribution is -2.08. The number of hydrogen-bond donors (Lipinski definition) is 2. The number of thiazole rings is 1. The fourth-order valence-corrected chi connectivity index (χ4v) is 4.30. The number of carboxylic acid groups (broad SMARTS) is 1. The van der Waals surface area contributed by atoms with Crippen LogP contribution in [0.5, 0.6) is 11.5 Å². The Balaban J connectivity index is 1.95. The van der Waals surface area contributed by atoms with Gasteiger partial charge >= 0.3 is 5.97 Å². The van der Waals surface area contributed by atoms with Crippen molar-refractivity contribution in [1.29, 1.82) is 0 Å². The van der Waals surface area contributed by atoms with Crippen molar-refractivity contribution in [3.8, 4) is 27.8 Å². The molecule has 0 fully saturated rings. The quantitative estimate of drug-likeness (QED) is 0.405. The first-order valence-electron chi connectivity index (χ1n) is 9.76. The summed E-state index contributed by atoms with van der Waals surface area (Å²) in [6, 6.07) is 12.4. The second kappa shape index (κ2) is 8.72. The van der Waals surface area contributed by atoms with Crippen molar-refractivity contribution in [2.75, 3.05) is 19.5 Å². The average Bonchev–Trinajstić information content (AvgIpc) is 3.36. The van der Waals surface area contributed by atoms with Gasteiger partial charge in [-0.05, 0) is 44.2 Å². The van der Waals surface area contributed by atoms with Gasteiger partial charge in [-0.25, -0.2) is 14.5 Å². The minimum atomic E-state index is -1.07. The summed E-state index contributed by atoms with van der Waals surface area (Å²) in [4.78, 5) is 16.6. The predicted octanol–water partition coefficient (Wildman–Crippen LogP) is 5.07. The molecule has 9 heteroatoms. The molecule has 0 unspecified atom stereocenters. The number of rotatable bonds is 7. The molecule has 4 rings (SSSR count). The number of carbonyl (C=O) groups is 1. The number of para-hydroxylation sites is 2. The molecular weight excluding hydrogens is 428 g/mol. The van der Waals surface area contributed by atoms with Crippen LogP contribution in [0.4, 0.5) is 11.5 Å². The van der Waals surface area contributed by atoms with E-state index in [1.807, 2.05) is 43.5 Å². The topological polar surface area (TPSA) is 98.5 Å². The number of hydrogen-bond acceptors (Lipinski definition) is 7. The Kier molecular flexibility index (Phi) is 5.83. The number of nitrogens with one attached hydrogen (secondary N) is 1. The maximum atomic E-state index is 12.0. The molecule has 8 nitrogen and oxygen atoms in total. The molecule has 4 aromatic rings. The number of aromatic carboxylic acids is 1. The van der Waals surface area contributed by atoms with Crippen LogP contribution in [0.3, 0.4) is 0 Å². The lowest BCUT2D eigenvalue weighted by Gasteiger charge is -2.16. The molecule has 2 aromatic carbocycles. The number of aromatic nitrogens is 3. The van der Waals surface area contributed by atoms with Crippen LogP contribution >= 0.6 is 11.3 Å². The van der Waals surface area contributed by atoms with Crippen LogP contribution in [0.1, 0.15) is 21.7 Å². The molecule has 0 aliphatic rings. The summed E-state index contributed by atoms with van der Waals surface area (Å²) < 4.78 is 12.5. The maximum absolute atomic E-state index is 12.0. The van der Waals surface area contributed by atoms with E-state index >= 15 is 0 Å². The van der Waals surface area contributed by atoms with Crippen LogP contribution in [0, 0.1) is 13.8 Å². The van der Waals surface area contributed by atoms with Gasteiger partial charge in [0.2, 0.25) is 0 Å². The SMILES string of the molecule is COc1ccc(Nc2c(-c3nc(C)cs3)c(C)nn2-c2ccccc2OC)c(C(=O)O)c1. The molecule has 0 atom stereocenters. The number of ether oxygens (including phenoxy) is 2. The van der Waals surface area contributed by atoms with Crippen LogP contribution in [-0.2, 0) is 0 Å². The zero-order chi connectivity index (χ0) is 22.8. The fraction of sp³-hybridized carbons (Fsp3) is 0.174. The third-order valence-electron chi connectivity index (χ3n) is 4.92. The Morgan fingerprint density at radius 2 is 1.91 bits per heavy atom. The summed E-state index contributed by atoms with van der Waals surface area (Å²) in [5, 5.41) is 20.6. The van der Waals surface area contributed by atoms with E-state index in [9.17, 15) is 9.90 Å². The van der Waals surface area contributed by atoms with E-state index in [0.29, 0.717) is 28.7 Å². The highest BCUT2D eigenvalue weighted by molar-refractivity contribution is 7.13. The lowest BCUT2D eigenvalue weighted by atomic mass is 10.1. The van der Waals surface area contributed by atoms with Gasteiger partial charge in [0.25, 0.3) is 0 Å². The summed E-state index contributed by atoms with van der Waals surface area (Å²) in [5.41, 5.74) is 3.64. The van der Waals surface area contributed by atoms with Crippen molar-refractivity contribution in [3.05, 3.63) is 64.8 Å². The highest BCUT2D eigenvalue weighted by Gasteiger charge is 2.24. The van der Waals surface area contributed by atoms with Crippen molar-refractivity contribution in [2.45, 2.75) is 13.8 Å². The Bertz CT molecular complexity index is 1300. The standard InChI is InChI=1S/C23H22N4O4S/c1-13-12-32-22(24-13)20-14(2)26-27(18-7-5-6-8-19(18)31-4)21(20)25-17-10-9-15(30-3)11-16(17)23(28)29/h5-12,25H,1-4H3,(H,28,29). The zero-order valence-electron chi connectivity index (χ0n) is 18.0. The number of carboxylic acids is 1. The van der Waals surface area contributed by atoms with Gasteiger partial charge in [0, 0.05) is 11.1 Å². The second-order valence-electron chi connectivity index (χ2n) is 7.03. The average molecular weight is 451 g/mol. The summed E-state index contributed by atoms with van der Waals surface area (Å²) in [7, 11) is 3.09. The smallest absolute Gasteiger partial charge is 0.337 e. The third-order valence-corrected chi connectivity index (χ3v) is 5.89. The van der Waals surface area contributed by atoms with E-state index in [1.54, 1.807) is 23.9 Å². The normalized spacial score (nSPS) is 10.8. The first kappa shape index (κ1) is 21.4. The summed E-state index contributed by atoms with van der Waals surface area (Å²) >= 11 is 1.50. The minimum Gasteiger partial charge on any atom is -0.497 e. The first-order valence-corrected chi connectivity index (χ1v) is 10.6. The number of anilines is 2. The Morgan fingerprint density at radius 3 is 2.56 bits per heavy atom. The number of aryl methyl sites for hydroxylation is 2. The van der Waals surface area contributed by atoms with E-state index in [1.165, 1.54) is 24.5 Å². The summed E-state index contributed by atoms with van der Waals surface area (Å²) in [5.74, 6) is 0.610. The molecule has 0 bridgehead atoms. The van der Waals surface area contributed by atoms with E-state index in [2.05, 4.69) is 10.3 Å². The lowest BCUT2D eigenvalue weighted by molar-refractivity contribution is 0.0697. The molecule has 2 aromatic heterocycles. The Hall–Kier alpha value is -3.85. The van der Waals surface area contributed by atoms with E-state index in [-0.39, 0.29) is 5.56 Å². The van der Waals surface area contributed by atoms with E-state index in [0.717, 1.165) is 22.0 Å². The summed E-state index contributed by atoms with van der Waals surface area (Å²) in [6.07, 6.45) is 0. The van der Waals surface area contributed by atoms with Crippen molar-refractivity contribution in [2.24, 2.45) is 0 Å². The summed E-state index contributed by atoms with van der Waals surface area (Å²) in [6.45, 7) is 3.83. The van der Waals surface area contributed by atoms with Gasteiger partial charge in [0.05, 0.1) is 36.7 Å². The highest BCUT2D eigenvalue weighted by atomic mass is 32.1. The van der Waals surface area contributed by atoms with E-state index < -0.39 is 5.97 Å². The molecule has 164 valence electrons. The van der Waals surface area contributed by atoms with Crippen LogP contribution in [0.2, 0.25) is 0 Å². The molecule has 2 heterocycles. The monoisotopic (exact) mass is 450 g/mol. The van der Waals surface area contributed by atoms with Crippen molar-refractivity contribution >= 4 is 28.8 Å². The van der Waals surface area contributed by atoms with Gasteiger partial charge < -0.3 is 19.9 Å². The van der Waals surface area contributed by atoms with Crippen LogP contribution in [-0.4, -0.2) is 40.1 Å². The molecule has 0 amide bonds. The Morgan fingerprint density at radius 1 is 1.12 bits per heavy atom. The van der Waals surface area contributed by atoms with Crippen LogP contribution < -0.4 is 14.8 Å². The molecule has 0 aliphatic carbocycles. The highest BCUT2D eigenvalue weighted by Crippen LogP contribution is 2.39. The molecule has 0 saturated heterocycles. The van der Waals surface area contributed by atoms with Gasteiger partial charge in [-0.15, -0.1) is 11.3 Å². The molecule has 2 N–H and O–H groups in total. The van der Waals surface area contributed by atoms with Crippen LogP contribution in [0.25, 0.3) is 16.3 Å². The van der Waals surface area contributed by atoms with Gasteiger partial charge in [0.1, 0.15) is 28.0 Å². The Labute approximate surface area is 189 Å². The number of nitrogens with zero attached hydrogens (tertiary/aromatic N) is 3.